The van der Waals surface area contributed by atoms with Crippen molar-refractivity contribution in [1.82, 2.24) is 25.6 Å². The van der Waals surface area contributed by atoms with Crippen molar-refractivity contribution in [2.24, 2.45) is 0 Å². The topological polar surface area (TPSA) is 163 Å². The summed E-state index contributed by atoms with van der Waals surface area (Å²) >= 11 is 4.92. The maximum atomic E-state index is 12.7. The first-order valence-corrected chi connectivity index (χ1v) is 11.4. The van der Waals surface area contributed by atoms with E-state index in [1.165, 1.54) is 53.2 Å². The predicted octanol–water partition coefficient (Wildman–Crippen LogP) is 1.87. The Kier molecular flexibility index (Phi) is 7.85. The number of anilines is 3. The predicted molar refractivity (Wildman–Crippen MR) is 120 cm³/mol. The molecule has 180 valence electrons. The zero-order valence-electron chi connectivity index (χ0n) is 17.2. The summed E-state index contributed by atoms with van der Waals surface area (Å²) in [6.45, 7) is 0.216. The fraction of sp³-hybridized carbons (Fsp3) is 0.167. The van der Waals surface area contributed by atoms with Gasteiger partial charge >= 0.3 is 12.3 Å². The first-order chi connectivity index (χ1) is 16.1. The van der Waals surface area contributed by atoms with Crippen molar-refractivity contribution >= 4 is 51.1 Å². The van der Waals surface area contributed by atoms with Crippen molar-refractivity contribution in [2.75, 3.05) is 15.5 Å². The quantitative estimate of drug-likeness (QED) is 0.203. The van der Waals surface area contributed by atoms with Gasteiger partial charge in [0, 0.05) is 17.8 Å². The summed E-state index contributed by atoms with van der Waals surface area (Å²) in [4.78, 5) is 23.0. The largest absolute Gasteiger partial charge is 0.326 e. The molecule has 3 rings (SSSR count). The SMILES string of the molecule is O=C(CCn1[nH]nnc1=S)Nc1cccc(S(=O)(=O)Nc2ccc(NNC(=O)C(F)F)cc2)c1. The van der Waals surface area contributed by atoms with Crippen molar-refractivity contribution in [3.05, 3.63) is 53.3 Å². The lowest BCUT2D eigenvalue weighted by molar-refractivity contribution is -0.131. The lowest BCUT2D eigenvalue weighted by Crippen LogP contribution is -2.34. The molecule has 0 bridgehead atoms. The fourth-order valence-electron chi connectivity index (χ4n) is 2.56. The van der Waals surface area contributed by atoms with E-state index in [0.29, 0.717) is 0 Å². The number of aromatic nitrogens is 4. The standard InChI is InChI=1S/C18H18F2N8O4S2/c19-16(20)17(30)23-22-11-4-6-12(7-5-11)25-34(31,32)14-3-1-2-13(10-14)21-15(29)8-9-28-18(33)24-26-27-28/h1-7,10,16,22,25H,8-9H2,(H,21,29)(H,23,30)(H,24,27,33). The number of hydrogen-bond donors (Lipinski definition) is 5. The molecule has 0 unspecified atom stereocenters. The number of sulfonamides is 1. The summed E-state index contributed by atoms with van der Waals surface area (Å²) in [5.41, 5.74) is 4.80. The van der Waals surface area contributed by atoms with Crippen molar-refractivity contribution < 1.29 is 26.8 Å². The molecule has 2 aromatic carbocycles. The Balaban J connectivity index is 1.60. The normalized spacial score (nSPS) is 11.1. The molecule has 2 amide bonds. The van der Waals surface area contributed by atoms with Crippen LogP contribution >= 0.6 is 12.2 Å². The molecular formula is C18H18F2N8O4S2. The number of hydrazine groups is 1. The Morgan fingerprint density at radius 3 is 2.44 bits per heavy atom. The number of nitrogens with one attached hydrogen (secondary N) is 5. The molecule has 0 aliphatic rings. The summed E-state index contributed by atoms with van der Waals surface area (Å²) in [7, 11) is -4.00. The van der Waals surface area contributed by atoms with Crippen LogP contribution in [0.15, 0.2) is 53.4 Å². The van der Waals surface area contributed by atoms with Gasteiger partial charge in [0.1, 0.15) is 0 Å². The summed E-state index contributed by atoms with van der Waals surface area (Å²) in [6.07, 6.45) is -3.13. The lowest BCUT2D eigenvalue weighted by atomic mass is 10.3. The molecular weight excluding hydrogens is 494 g/mol. The number of tetrazole rings is 1. The summed E-state index contributed by atoms with van der Waals surface area (Å²) < 4.78 is 53.8. The molecule has 1 heterocycles. The molecule has 12 nitrogen and oxygen atoms in total. The molecule has 3 aromatic rings. The van der Waals surface area contributed by atoms with Crippen molar-refractivity contribution in [1.29, 1.82) is 0 Å². The van der Waals surface area contributed by atoms with Gasteiger partial charge in [0.05, 0.1) is 17.1 Å². The van der Waals surface area contributed by atoms with Crippen LogP contribution < -0.4 is 20.9 Å². The highest BCUT2D eigenvalue weighted by Gasteiger charge is 2.16. The van der Waals surface area contributed by atoms with E-state index in [1.807, 2.05) is 0 Å². The second-order valence-electron chi connectivity index (χ2n) is 6.66. The van der Waals surface area contributed by atoms with Crippen molar-refractivity contribution in [3.8, 4) is 0 Å². The summed E-state index contributed by atoms with van der Waals surface area (Å²) in [5, 5.41) is 12.3. The number of benzene rings is 2. The van der Waals surface area contributed by atoms with Crippen LogP contribution in [0.5, 0.6) is 0 Å². The molecule has 0 saturated carbocycles. The number of carbonyl (C=O) groups excluding carboxylic acids is 2. The Hall–Kier alpha value is -3.92. The van der Waals surface area contributed by atoms with E-state index >= 15 is 0 Å². The van der Waals surface area contributed by atoms with Crippen LogP contribution in [0.25, 0.3) is 0 Å². The molecule has 0 radical (unpaired) electrons. The first kappa shape index (κ1) is 24.7. The number of carbonyl (C=O) groups is 2. The van der Waals surface area contributed by atoms with Gasteiger partial charge in [0.15, 0.2) is 0 Å². The molecule has 34 heavy (non-hydrogen) atoms. The average molecular weight is 513 g/mol. The molecule has 0 aliphatic carbocycles. The van der Waals surface area contributed by atoms with E-state index in [0.717, 1.165) is 0 Å². The van der Waals surface area contributed by atoms with Gasteiger partial charge in [0.2, 0.25) is 10.7 Å². The molecule has 1 aromatic heterocycles. The molecule has 0 saturated heterocycles. The van der Waals surface area contributed by atoms with Gasteiger partial charge in [-0.15, -0.1) is 0 Å². The number of aryl methyl sites for hydroxylation is 1. The second-order valence-corrected chi connectivity index (χ2v) is 8.71. The van der Waals surface area contributed by atoms with E-state index in [2.05, 4.69) is 31.0 Å². The van der Waals surface area contributed by atoms with Crippen LogP contribution in [0, 0.1) is 4.77 Å². The van der Waals surface area contributed by atoms with Gasteiger partial charge in [-0.25, -0.2) is 13.1 Å². The minimum atomic E-state index is -4.00. The highest BCUT2D eigenvalue weighted by Crippen LogP contribution is 2.21. The Bertz CT molecular complexity index is 1330. The number of halogens is 2. The zero-order chi connectivity index (χ0) is 24.7. The van der Waals surface area contributed by atoms with Gasteiger partial charge in [-0.2, -0.15) is 14.0 Å². The molecule has 16 heteroatoms. The number of nitrogens with zero attached hydrogens (tertiary/aromatic N) is 3. The van der Waals surface area contributed by atoms with Gasteiger partial charge in [-0.3, -0.25) is 25.2 Å². The van der Waals surface area contributed by atoms with Crippen LogP contribution in [0.1, 0.15) is 6.42 Å². The maximum Gasteiger partial charge on any atom is 0.317 e. The van der Waals surface area contributed by atoms with E-state index in [1.54, 1.807) is 5.43 Å². The second kappa shape index (κ2) is 10.8. The maximum absolute atomic E-state index is 12.7. The van der Waals surface area contributed by atoms with E-state index in [-0.39, 0.29) is 45.6 Å². The highest BCUT2D eigenvalue weighted by atomic mass is 32.2. The van der Waals surface area contributed by atoms with E-state index < -0.39 is 22.4 Å². The highest BCUT2D eigenvalue weighted by molar-refractivity contribution is 7.92. The van der Waals surface area contributed by atoms with Crippen LogP contribution in [0.4, 0.5) is 25.8 Å². The Labute approximate surface area is 196 Å². The van der Waals surface area contributed by atoms with E-state index in [9.17, 15) is 26.8 Å². The summed E-state index contributed by atoms with van der Waals surface area (Å²) in [6, 6.07) is 11.1. The minimum absolute atomic E-state index is 0.0472. The van der Waals surface area contributed by atoms with Crippen molar-refractivity contribution in [3.63, 3.8) is 0 Å². The van der Waals surface area contributed by atoms with Gasteiger partial charge in [-0.05, 0) is 54.7 Å². The average Bonchev–Trinajstić information content (AvgIpc) is 3.21. The molecule has 0 atom stereocenters. The van der Waals surface area contributed by atoms with Gasteiger partial charge in [-0.1, -0.05) is 16.4 Å². The van der Waals surface area contributed by atoms with E-state index in [4.69, 9.17) is 12.2 Å². The molecule has 0 spiro atoms. The summed E-state index contributed by atoms with van der Waals surface area (Å²) in [5.74, 6) is -1.88. The number of hydrogen-bond acceptors (Lipinski definition) is 8. The van der Waals surface area contributed by atoms with Gasteiger partial charge in [0.25, 0.3) is 10.0 Å². The molecule has 0 aliphatic heterocycles. The third-order valence-electron chi connectivity index (χ3n) is 4.19. The molecule has 5 N–H and O–H groups in total. The zero-order valence-corrected chi connectivity index (χ0v) is 18.8. The third-order valence-corrected chi connectivity index (χ3v) is 5.87. The number of H-pyrrole nitrogens is 1. The minimum Gasteiger partial charge on any atom is -0.326 e. The smallest absolute Gasteiger partial charge is 0.317 e. The lowest BCUT2D eigenvalue weighted by Gasteiger charge is -2.12. The Morgan fingerprint density at radius 2 is 1.79 bits per heavy atom. The number of alkyl halides is 2. The molecule has 0 fully saturated rings. The monoisotopic (exact) mass is 512 g/mol. The van der Waals surface area contributed by atoms with Gasteiger partial charge < -0.3 is 5.32 Å². The number of amides is 2. The van der Waals surface area contributed by atoms with Crippen LogP contribution in [0.2, 0.25) is 0 Å². The number of rotatable bonds is 10. The third kappa shape index (κ3) is 6.79. The van der Waals surface area contributed by atoms with Crippen LogP contribution in [-0.4, -0.2) is 46.9 Å². The van der Waals surface area contributed by atoms with Crippen molar-refractivity contribution in [2.45, 2.75) is 24.3 Å². The van der Waals surface area contributed by atoms with Crippen LogP contribution in [0.3, 0.4) is 0 Å². The van der Waals surface area contributed by atoms with Crippen LogP contribution in [-0.2, 0) is 26.2 Å². The first-order valence-electron chi connectivity index (χ1n) is 9.49. The fourth-order valence-corrected chi connectivity index (χ4v) is 3.84. The Morgan fingerprint density at radius 1 is 1.09 bits per heavy atom. The number of aromatic amines is 1.